The molecule has 0 saturated heterocycles. The Bertz CT molecular complexity index is 903. The van der Waals surface area contributed by atoms with Crippen LogP contribution in [0.3, 0.4) is 0 Å². The lowest BCUT2D eigenvalue weighted by atomic mass is 9.98. The molecule has 3 aromatic rings. The van der Waals surface area contributed by atoms with Gasteiger partial charge in [-0.15, -0.1) is 5.10 Å². The zero-order chi connectivity index (χ0) is 15.2. The number of nitrogens with zero attached hydrogens (tertiary/aromatic N) is 4. The standard InChI is InChI=1S/C17H16N4O2/c1-2-4-13-12(3-1)10-18-17-19-16(20-21(13)17)11-5-6-14-15(9-11)23-8-7-22-14/h5-6,9-10H,1-4,7-8H2. The van der Waals surface area contributed by atoms with E-state index in [1.54, 1.807) is 0 Å². The van der Waals surface area contributed by atoms with Crippen molar-refractivity contribution in [1.29, 1.82) is 0 Å². The van der Waals surface area contributed by atoms with E-state index in [4.69, 9.17) is 14.6 Å². The lowest BCUT2D eigenvalue weighted by Gasteiger charge is -2.18. The van der Waals surface area contributed by atoms with Crippen molar-refractivity contribution in [1.82, 2.24) is 19.6 Å². The quantitative estimate of drug-likeness (QED) is 0.691. The molecule has 6 heteroatoms. The van der Waals surface area contributed by atoms with E-state index in [0.717, 1.165) is 29.9 Å². The van der Waals surface area contributed by atoms with Gasteiger partial charge in [-0.2, -0.15) is 4.98 Å². The smallest absolute Gasteiger partial charge is 0.252 e. The molecule has 23 heavy (non-hydrogen) atoms. The van der Waals surface area contributed by atoms with Crippen LogP contribution in [0.5, 0.6) is 11.5 Å². The molecule has 0 fully saturated rings. The fourth-order valence-electron chi connectivity index (χ4n) is 3.30. The third-order valence-electron chi connectivity index (χ3n) is 4.46. The fraction of sp³-hybridized carbons (Fsp3) is 0.353. The average molecular weight is 308 g/mol. The van der Waals surface area contributed by atoms with Gasteiger partial charge in [-0.25, -0.2) is 9.50 Å². The van der Waals surface area contributed by atoms with Crippen molar-refractivity contribution in [2.75, 3.05) is 13.2 Å². The molecular formula is C17H16N4O2. The molecule has 0 amide bonds. The van der Waals surface area contributed by atoms with E-state index < -0.39 is 0 Å². The number of ether oxygens (including phenoxy) is 2. The predicted molar refractivity (Wildman–Crippen MR) is 83.9 cm³/mol. The Kier molecular flexibility index (Phi) is 2.76. The maximum Gasteiger partial charge on any atom is 0.252 e. The minimum atomic E-state index is 0.574. The molecule has 0 saturated carbocycles. The number of aromatic nitrogens is 4. The second kappa shape index (κ2) is 4.94. The van der Waals surface area contributed by atoms with Crippen LogP contribution in [-0.4, -0.2) is 32.8 Å². The summed E-state index contributed by atoms with van der Waals surface area (Å²) in [4.78, 5) is 9.05. The first-order valence-electron chi connectivity index (χ1n) is 8.02. The fourth-order valence-corrected chi connectivity index (χ4v) is 3.30. The minimum Gasteiger partial charge on any atom is -0.486 e. The summed E-state index contributed by atoms with van der Waals surface area (Å²) in [5.74, 6) is 2.87. The Morgan fingerprint density at radius 1 is 1.00 bits per heavy atom. The molecule has 1 aromatic carbocycles. The topological polar surface area (TPSA) is 61.5 Å². The highest BCUT2D eigenvalue weighted by molar-refractivity contribution is 5.62. The molecule has 2 aliphatic rings. The summed E-state index contributed by atoms with van der Waals surface area (Å²) in [5.41, 5.74) is 3.46. The van der Waals surface area contributed by atoms with Crippen LogP contribution in [0.4, 0.5) is 0 Å². The van der Waals surface area contributed by atoms with Gasteiger partial charge in [0.2, 0.25) is 0 Å². The average Bonchev–Trinajstić information content (AvgIpc) is 3.06. The van der Waals surface area contributed by atoms with Crippen molar-refractivity contribution in [3.05, 3.63) is 35.7 Å². The van der Waals surface area contributed by atoms with Crippen molar-refractivity contribution in [2.24, 2.45) is 0 Å². The van der Waals surface area contributed by atoms with Crippen molar-refractivity contribution in [2.45, 2.75) is 25.7 Å². The predicted octanol–water partition coefficient (Wildman–Crippen LogP) is 2.44. The summed E-state index contributed by atoms with van der Waals surface area (Å²) >= 11 is 0. The van der Waals surface area contributed by atoms with Crippen LogP contribution in [0.2, 0.25) is 0 Å². The van der Waals surface area contributed by atoms with E-state index in [1.165, 1.54) is 24.1 Å². The van der Waals surface area contributed by atoms with E-state index in [-0.39, 0.29) is 0 Å². The first kappa shape index (κ1) is 12.9. The van der Waals surface area contributed by atoms with Crippen LogP contribution < -0.4 is 9.47 Å². The van der Waals surface area contributed by atoms with E-state index in [0.29, 0.717) is 24.8 Å². The van der Waals surface area contributed by atoms with E-state index in [9.17, 15) is 0 Å². The Labute approximate surface area is 133 Å². The summed E-state index contributed by atoms with van der Waals surface area (Å²) in [6, 6.07) is 5.82. The summed E-state index contributed by atoms with van der Waals surface area (Å²) in [6.45, 7) is 1.17. The van der Waals surface area contributed by atoms with Crippen LogP contribution in [0.25, 0.3) is 17.2 Å². The van der Waals surface area contributed by atoms with Crippen molar-refractivity contribution in [3.63, 3.8) is 0 Å². The molecule has 5 rings (SSSR count). The number of rotatable bonds is 1. The lowest BCUT2D eigenvalue weighted by molar-refractivity contribution is 0.171. The van der Waals surface area contributed by atoms with Gasteiger partial charge in [0, 0.05) is 11.8 Å². The largest absolute Gasteiger partial charge is 0.486 e. The molecule has 0 radical (unpaired) electrons. The first-order valence-corrected chi connectivity index (χ1v) is 8.02. The number of aryl methyl sites for hydroxylation is 2. The highest BCUT2D eigenvalue weighted by atomic mass is 16.6. The zero-order valence-corrected chi connectivity index (χ0v) is 12.7. The number of fused-ring (bicyclic) bond motifs is 4. The van der Waals surface area contributed by atoms with Gasteiger partial charge < -0.3 is 9.47 Å². The molecule has 0 bridgehead atoms. The lowest BCUT2D eigenvalue weighted by Crippen LogP contribution is -2.15. The van der Waals surface area contributed by atoms with Crippen LogP contribution in [0, 0.1) is 0 Å². The van der Waals surface area contributed by atoms with Crippen LogP contribution >= 0.6 is 0 Å². The highest BCUT2D eigenvalue weighted by Crippen LogP contribution is 2.33. The third-order valence-corrected chi connectivity index (χ3v) is 4.46. The summed E-state index contributed by atoms with van der Waals surface area (Å²) < 4.78 is 13.1. The van der Waals surface area contributed by atoms with E-state index >= 15 is 0 Å². The number of hydrogen-bond acceptors (Lipinski definition) is 5. The summed E-state index contributed by atoms with van der Waals surface area (Å²) in [5, 5.41) is 4.69. The van der Waals surface area contributed by atoms with Gasteiger partial charge >= 0.3 is 0 Å². The molecule has 3 heterocycles. The molecular weight excluding hydrogens is 292 g/mol. The minimum absolute atomic E-state index is 0.574. The van der Waals surface area contributed by atoms with E-state index in [1.807, 2.05) is 28.9 Å². The van der Waals surface area contributed by atoms with E-state index in [2.05, 4.69) is 9.97 Å². The zero-order valence-electron chi connectivity index (χ0n) is 12.7. The van der Waals surface area contributed by atoms with Gasteiger partial charge in [-0.05, 0) is 49.4 Å². The molecule has 0 atom stereocenters. The van der Waals surface area contributed by atoms with Crippen molar-refractivity contribution in [3.8, 4) is 22.9 Å². The third kappa shape index (κ3) is 2.05. The molecule has 6 nitrogen and oxygen atoms in total. The molecule has 0 unspecified atom stereocenters. The molecule has 2 aromatic heterocycles. The maximum absolute atomic E-state index is 5.65. The highest BCUT2D eigenvalue weighted by Gasteiger charge is 2.18. The Balaban J connectivity index is 1.63. The first-order chi connectivity index (χ1) is 11.4. The Morgan fingerprint density at radius 2 is 1.87 bits per heavy atom. The molecule has 1 aliphatic heterocycles. The van der Waals surface area contributed by atoms with Gasteiger partial charge in [0.15, 0.2) is 17.3 Å². The molecule has 0 N–H and O–H groups in total. The summed E-state index contributed by atoms with van der Waals surface area (Å²) in [6.07, 6.45) is 6.50. The summed E-state index contributed by atoms with van der Waals surface area (Å²) in [7, 11) is 0. The van der Waals surface area contributed by atoms with Gasteiger partial charge in [0.05, 0.1) is 5.69 Å². The monoisotopic (exact) mass is 308 g/mol. The van der Waals surface area contributed by atoms with Crippen LogP contribution in [0.15, 0.2) is 24.4 Å². The van der Waals surface area contributed by atoms with Gasteiger partial charge in [0.1, 0.15) is 13.2 Å². The van der Waals surface area contributed by atoms with Gasteiger partial charge in [-0.3, -0.25) is 0 Å². The van der Waals surface area contributed by atoms with Gasteiger partial charge in [0.25, 0.3) is 5.78 Å². The molecule has 1 aliphatic carbocycles. The second-order valence-electron chi connectivity index (χ2n) is 5.94. The maximum atomic E-state index is 5.65. The molecule has 0 spiro atoms. The van der Waals surface area contributed by atoms with Crippen molar-refractivity contribution < 1.29 is 9.47 Å². The Morgan fingerprint density at radius 3 is 2.83 bits per heavy atom. The van der Waals surface area contributed by atoms with Crippen LogP contribution in [0.1, 0.15) is 24.1 Å². The Hall–Kier alpha value is -2.63. The SMILES string of the molecule is c1cc2c(cc1-c1nc3ncc4c(n3n1)CCCC4)OCCO2. The van der Waals surface area contributed by atoms with Crippen LogP contribution in [-0.2, 0) is 12.8 Å². The molecule has 116 valence electrons. The van der Waals surface area contributed by atoms with Crippen molar-refractivity contribution >= 4 is 5.78 Å². The number of hydrogen-bond donors (Lipinski definition) is 0. The number of benzene rings is 1. The second-order valence-corrected chi connectivity index (χ2v) is 5.94. The van der Waals surface area contributed by atoms with Gasteiger partial charge in [-0.1, -0.05) is 0 Å². The normalized spacial score (nSPS) is 16.3.